The molecule has 2 N–H and O–H groups in total. The number of hydrogen-bond acceptors (Lipinski definition) is 4. The van der Waals surface area contributed by atoms with Crippen molar-refractivity contribution in [3.8, 4) is 0 Å². The van der Waals surface area contributed by atoms with Crippen LogP contribution in [-0.4, -0.2) is 63.3 Å². The predicted molar refractivity (Wildman–Crippen MR) is 63.4 cm³/mol. The number of carbonyl (C=O) groups excluding carboxylic acids is 1. The molecule has 5 heteroatoms. The summed E-state index contributed by atoms with van der Waals surface area (Å²) >= 11 is 0. The Balaban J connectivity index is 2.14. The maximum absolute atomic E-state index is 11.4. The maximum atomic E-state index is 11.4. The minimum Gasteiger partial charge on any atom is -0.379 e. The zero-order valence-electron chi connectivity index (χ0n) is 10.5. The number of hydrogen-bond donors (Lipinski definition) is 2. The fraction of sp³-hybridized carbons (Fsp3) is 0.909. The van der Waals surface area contributed by atoms with Crippen LogP contribution >= 0.6 is 0 Å². The smallest absolute Gasteiger partial charge is 0.236 e. The first kappa shape index (κ1) is 13.4. The Hall–Kier alpha value is -0.650. The molecule has 0 bridgehead atoms. The van der Waals surface area contributed by atoms with Gasteiger partial charge in [0.1, 0.15) is 0 Å². The molecule has 0 aromatic carbocycles. The number of rotatable bonds is 5. The second kappa shape index (κ2) is 6.83. The Bertz CT molecular complexity index is 215. The van der Waals surface area contributed by atoms with Gasteiger partial charge < -0.3 is 20.3 Å². The Morgan fingerprint density at radius 3 is 2.94 bits per heavy atom. The van der Waals surface area contributed by atoms with Crippen LogP contribution in [0.5, 0.6) is 0 Å². The molecule has 1 aliphatic heterocycles. The lowest BCUT2D eigenvalue weighted by Crippen LogP contribution is -2.46. The van der Waals surface area contributed by atoms with E-state index in [2.05, 4.69) is 17.6 Å². The summed E-state index contributed by atoms with van der Waals surface area (Å²) in [5.74, 6) is 0.111. The fourth-order valence-electron chi connectivity index (χ4n) is 1.70. The highest BCUT2D eigenvalue weighted by molar-refractivity contribution is 5.77. The monoisotopic (exact) mass is 229 g/mol. The van der Waals surface area contributed by atoms with E-state index in [1.54, 1.807) is 19.0 Å². The SMILES string of the molecule is CC(CC1COCCN1)NCC(=O)N(C)C. The van der Waals surface area contributed by atoms with Crippen molar-refractivity contribution in [1.82, 2.24) is 15.5 Å². The van der Waals surface area contributed by atoms with Gasteiger partial charge in [-0.3, -0.25) is 4.79 Å². The Labute approximate surface area is 97.5 Å². The number of morpholine rings is 1. The molecule has 94 valence electrons. The van der Waals surface area contributed by atoms with E-state index in [0.29, 0.717) is 18.6 Å². The molecule has 16 heavy (non-hydrogen) atoms. The molecule has 0 spiro atoms. The first-order valence-electron chi connectivity index (χ1n) is 5.84. The van der Waals surface area contributed by atoms with Gasteiger partial charge in [0.2, 0.25) is 5.91 Å². The molecule has 0 aliphatic carbocycles. The van der Waals surface area contributed by atoms with Gasteiger partial charge in [-0.25, -0.2) is 0 Å². The van der Waals surface area contributed by atoms with Gasteiger partial charge in [-0.05, 0) is 13.3 Å². The van der Waals surface area contributed by atoms with Crippen LogP contribution in [0, 0.1) is 0 Å². The third-order valence-electron chi connectivity index (χ3n) is 2.74. The van der Waals surface area contributed by atoms with Crippen LogP contribution < -0.4 is 10.6 Å². The summed E-state index contributed by atoms with van der Waals surface area (Å²) in [5.41, 5.74) is 0. The molecule has 1 fully saturated rings. The highest BCUT2D eigenvalue weighted by Gasteiger charge is 2.16. The van der Waals surface area contributed by atoms with Crippen molar-refractivity contribution in [2.75, 3.05) is 40.4 Å². The lowest BCUT2D eigenvalue weighted by Gasteiger charge is -2.26. The van der Waals surface area contributed by atoms with Gasteiger partial charge in [0, 0.05) is 32.7 Å². The third-order valence-corrected chi connectivity index (χ3v) is 2.74. The first-order valence-corrected chi connectivity index (χ1v) is 5.84. The molecule has 2 atom stereocenters. The Morgan fingerprint density at radius 1 is 1.62 bits per heavy atom. The highest BCUT2D eigenvalue weighted by atomic mass is 16.5. The molecule has 1 rings (SSSR count). The summed E-state index contributed by atoms with van der Waals surface area (Å²) in [7, 11) is 3.54. The summed E-state index contributed by atoms with van der Waals surface area (Å²) in [6.45, 7) is 5.00. The maximum Gasteiger partial charge on any atom is 0.236 e. The average Bonchev–Trinajstić information content (AvgIpc) is 2.27. The second-order valence-electron chi connectivity index (χ2n) is 4.53. The highest BCUT2D eigenvalue weighted by Crippen LogP contribution is 2.02. The van der Waals surface area contributed by atoms with Gasteiger partial charge in [0.05, 0.1) is 19.8 Å². The number of nitrogens with zero attached hydrogens (tertiary/aromatic N) is 1. The zero-order chi connectivity index (χ0) is 12.0. The van der Waals surface area contributed by atoms with E-state index in [1.807, 2.05) is 0 Å². The van der Waals surface area contributed by atoms with Crippen molar-refractivity contribution in [3.05, 3.63) is 0 Å². The molecule has 1 amide bonds. The standard InChI is InChI=1S/C11H23N3O2/c1-9(13-7-11(15)14(2)3)6-10-8-16-5-4-12-10/h9-10,12-13H,4-8H2,1-3H3. The predicted octanol–water partition coefficient (Wildman–Crippen LogP) is -0.569. The summed E-state index contributed by atoms with van der Waals surface area (Å²) in [6.07, 6.45) is 0.987. The number of nitrogens with one attached hydrogen (secondary N) is 2. The number of carbonyl (C=O) groups is 1. The van der Waals surface area contributed by atoms with E-state index < -0.39 is 0 Å². The van der Waals surface area contributed by atoms with Gasteiger partial charge in [0.25, 0.3) is 0 Å². The topological polar surface area (TPSA) is 53.6 Å². The zero-order valence-corrected chi connectivity index (χ0v) is 10.5. The van der Waals surface area contributed by atoms with Crippen LogP contribution in [-0.2, 0) is 9.53 Å². The van der Waals surface area contributed by atoms with Gasteiger partial charge in [-0.2, -0.15) is 0 Å². The molecular weight excluding hydrogens is 206 g/mol. The molecule has 5 nitrogen and oxygen atoms in total. The minimum absolute atomic E-state index is 0.111. The van der Waals surface area contributed by atoms with Crippen LogP contribution in [0.15, 0.2) is 0 Å². The van der Waals surface area contributed by atoms with Crippen molar-refractivity contribution in [2.45, 2.75) is 25.4 Å². The van der Waals surface area contributed by atoms with Gasteiger partial charge in [-0.1, -0.05) is 0 Å². The molecule has 1 aliphatic rings. The third kappa shape index (κ3) is 4.92. The molecule has 0 aromatic heterocycles. The van der Waals surface area contributed by atoms with Crippen molar-refractivity contribution in [2.24, 2.45) is 0 Å². The second-order valence-corrected chi connectivity index (χ2v) is 4.53. The molecule has 0 radical (unpaired) electrons. The van der Waals surface area contributed by atoms with E-state index in [0.717, 1.165) is 26.2 Å². The molecule has 2 unspecified atom stereocenters. The van der Waals surface area contributed by atoms with Crippen molar-refractivity contribution < 1.29 is 9.53 Å². The average molecular weight is 229 g/mol. The van der Waals surface area contributed by atoms with Crippen LogP contribution in [0.1, 0.15) is 13.3 Å². The summed E-state index contributed by atoms with van der Waals surface area (Å²) in [5, 5.41) is 6.62. The fourth-order valence-corrected chi connectivity index (χ4v) is 1.70. The largest absolute Gasteiger partial charge is 0.379 e. The Morgan fingerprint density at radius 2 is 2.38 bits per heavy atom. The molecule has 0 aromatic rings. The van der Waals surface area contributed by atoms with Crippen LogP contribution in [0.4, 0.5) is 0 Å². The van der Waals surface area contributed by atoms with Gasteiger partial charge in [-0.15, -0.1) is 0 Å². The molecule has 1 heterocycles. The summed E-state index contributed by atoms with van der Waals surface area (Å²) < 4.78 is 5.38. The summed E-state index contributed by atoms with van der Waals surface area (Å²) in [6, 6.07) is 0.730. The van der Waals surface area contributed by atoms with E-state index >= 15 is 0 Å². The van der Waals surface area contributed by atoms with Crippen LogP contribution in [0.2, 0.25) is 0 Å². The lowest BCUT2D eigenvalue weighted by molar-refractivity contribution is -0.127. The number of amides is 1. The summed E-state index contributed by atoms with van der Waals surface area (Å²) in [4.78, 5) is 13.0. The lowest BCUT2D eigenvalue weighted by atomic mass is 10.1. The van der Waals surface area contributed by atoms with Gasteiger partial charge >= 0.3 is 0 Å². The molecule has 1 saturated heterocycles. The van der Waals surface area contributed by atoms with Crippen LogP contribution in [0.25, 0.3) is 0 Å². The first-order chi connectivity index (χ1) is 7.59. The van der Waals surface area contributed by atoms with Crippen LogP contribution in [0.3, 0.4) is 0 Å². The van der Waals surface area contributed by atoms with Crippen molar-refractivity contribution >= 4 is 5.91 Å². The molecular formula is C11H23N3O2. The van der Waals surface area contributed by atoms with Crippen molar-refractivity contribution in [3.63, 3.8) is 0 Å². The number of ether oxygens (including phenoxy) is 1. The van der Waals surface area contributed by atoms with E-state index in [-0.39, 0.29) is 5.91 Å². The van der Waals surface area contributed by atoms with E-state index in [9.17, 15) is 4.79 Å². The minimum atomic E-state index is 0.111. The van der Waals surface area contributed by atoms with Crippen molar-refractivity contribution in [1.29, 1.82) is 0 Å². The quantitative estimate of drug-likeness (QED) is 0.663. The Kier molecular flexibility index (Phi) is 5.73. The van der Waals surface area contributed by atoms with Gasteiger partial charge in [0.15, 0.2) is 0 Å². The van der Waals surface area contributed by atoms with E-state index in [1.165, 1.54) is 0 Å². The molecule has 0 saturated carbocycles. The van der Waals surface area contributed by atoms with E-state index in [4.69, 9.17) is 4.74 Å². The number of likely N-dealkylation sites (N-methyl/N-ethyl adjacent to an activating group) is 1. The normalized spacial score (nSPS) is 22.8.